The van der Waals surface area contributed by atoms with E-state index in [2.05, 4.69) is 5.32 Å². The lowest BCUT2D eigenvalue weighted by Crippen LogP contribution is -2.34. The van der Waals surface area contributed by atoms with E-state index in [1.807, 2.05) is 20.8 Å². The quantitative estimate of drug-likeness (QED) is 0.787. The molecule has 2 atom stereocenters. The zero-order valence-corrected chi connectivity index (χ0v) is 14.2. The zero-order valence-electron chi connectivity index (χ0n) is 13.3. The Morgan fingerprint density at radius 2 is 1.95 bits per heavy atom. The van der Waals surface area contributed by atoms with Gasteiger partial charge in [0.25, 0.3) is 10.1 Å². The number of alkyl carbamates (subject to hydrolysis) is 1. The van der Waals surface area contributed by atoms with Gasteiger partial charge in [-0.2, -0.15) is 8.42 Å². The number of ether oxygens (including phenoxy) is 1. The summed E-state index contributed by atoms with van der Waals surface area (Å²) in [5.41, 5.74) is -0.497. The van der Waals surface area contributed by atoms with Crippen LogP contribution < -0.4 is 5.32 Å². The lowest BCUT2D eigenvalue weighted by molar-refractivity contribution is 0.0521. The van der Waals surface area contributed by atoms with Crippen molar-refractivity contribution in [3.8, 4) is 0 Å². The van der Waals surface area contributed by atoms with E-state index in [0.717, 1.165) is 38.4 Å². The maximum atomic E-state index is 11.5. The average molecular weight is 321 g/mol. The van der Waals surface area contributed by atoms with Crippen molar-refractivity contribution in [1.82, 2.24) is 5.32 Å². The van der Waals surface area contributed by atoms with Gasteiger partial charge in [-0.1, -0.05) is 12.8 Å². The van der Waals surface area contributed by atoms with Crippen molar-refractivity contribution >= 4 is 16.2 Å². The zero-order chi connectivity index (χ0) is 16.1. The molecular weight excluding hydrogens is 294 g/mol. The number of hydrogen-bond acceptors (Lipinski definition) is 5. The second-order valence-electron chi connectivity index (χ2n) is 6.67. The first kappa shape index (κ1) is 18.2. The molecule has 0 heterocycles. The summed E-state index contributed by atoms with van der Waals surface area (Å²) in [6, 6.07) is 0. The molecule has 1 rings (SSSR count). The largest absolute Gasteiger partial charge is 0.444 e. The fraction of sp³-hybridized carbons (Fsp3) is 0.929. The van der Waals surface area contributed by atoms with Crippen LogP contribution in [0, 0.1) is 5.92 Å². The fourth-order valence-electron chi connectivity index (χ4n) is 2.53. The van der Waals surface area contributed by atoms with E-state index in [1.165, 1.54) is 0 Å². The van der Waals surface area contributed by atoms with Crippen LogP contribution in [0.4, 0.5) is 4.79 Å². The van der Waals surface area contributed by atoms with Crippen molar-refractivity contribution in [2.75, 3.05) is 12.8 Å². The monoisotopic (exact) mass is 321 g/mol. The normalized spacial score (nSPS) is 23.6. The Bertz CT molecular complexity index is 441. The topological polar surface area (TPSA) is 81.7 Å². The summed E-state index contributed by atoms with van der Waals surface area (Å²) in [6.07, 6.45) is 4.76. The van der Waals surface area contributed by atoms with Gasteiger partial charge < -0.3 is 10.1 Å². The molecule has 1 saturated carbocycles. The Balaban J connectivity index is 2.27. The summed E-state index contributed by atoms with van der Waals surface area (Å²) in [4.78, 5) is 11.5. The van der Waals surface area contributed by atoms with Crippen molar-refractivity contribution in [3.05, 3.63) is 0 Å². The summed E-state index contributed by atoms with van der Waals surface area (Å²) < 4.78 is 32.5. The highest BCUT2D eigenvalue weighted by atomic mass is 32.2. The van der Waals surface area contributed by atoms with Gasteiger partial charge in [0.2, 0.25) is 0 Å². The number of carbonyl (C=O) groups is 1. The molecule has 1 aliphatic rings. The third kappa shape index (κ3) is 8.93. The fourth-order valence-corrected chi connectivity index (χ4v) is 3.20. The minimum absolute atomic E-state index is 0.222. The van der Waals surface area contributed by atoms with E-state index >= 15 is 0 Å². The highest BCUT2D eigenvalue weighted by Gasteiger charge is 2.25. The Kier molecular flexibility index (Phi) is 6.46. The Hall–Kier alpha value is -0.820. The van der Waals surface area contributed by atoms with Crippen LogP contribution in [0.25, 0.3) is 0 Å². The predicted octanol–water partition coefficient (Wildman–Crippen LogP) is 2.44. The highest BCUT2D eigenvalue weighted by Crippen LogP contribution is 2.29. The SMILES string of the molecule is CC(C)(C)OC(=O)NCC[C@H]1CCC[C@@H](OS(C)(=O)=O)C1. The molecular formula is C14H27NO5S. The summed E-state index contributed by atoms with van der Waals surface area (Å²) in [5.74, 6) is 0.375. The third-order valence-corrected chi connectivity index (χ3v) is 3.89. The smallest absolute Gasteiger partial charge is 0.407 e. The average Bonchev–Trinajstić information content (AvgIpc) is 2.24. The summed E-state index contributed by atoms with van der Waals surface area (Å²) >= 11 is 0. The van der Waals surface area contributed by atoms with Crippen LogP contribution in [0.5, 0.6) is 0 Å². The number of nitrogens with one attached hydrogen (secondary N) is 1. The van der Waals surface area contributed by atoms with E-state index in [4.69, 9.17) is 8.92 Å². The van der Waals surface area contributed by atoms with E-state index in [1.54, 1.807) is 0 Å². The molecule has 1 fully saturated rings. The van der Waals surface area contributed by atoms with Gasteiger partial charge in [-0.25, -0.2) is 4.79 Å². The molecule has 1 N–H and O–H groups in total. The Morgan fingerprint density at radius 3 is 2.52 bits per heavy atom. The van der Waals surface area contributed by atoms with E-state index < -0.39 is 21.8 Å². The van der Waals surface area contributed by atoms with Crippen LogP contribution in [0.1, 0.15) is 52.9 Å². The molecule has 1 aliphatic carbocycles. The molecule has 6 nitrogen and oxygen atoms in total. The number of carbonyl (C=O) groups excluding carboxylic acids is 1. The van der Waals surface area contributed by atoms with Gasteiger partial charge in [-0.15, -0.1) is 0 Å². The van der Waals surface area contributed by atoms with Crippen molar-refractivity contribution in [1.29, 1.82) is 0 Å². The van der Waals surface area contributed by atoms with Gasteiger partial charge in [0.15, 0.2) is 0 Å². The molecule has 124 valence electrons. The number of hydrogen-bond donors (Lipinski definition) is 1. The number of rotatable bonds is 5. The summed E-state index contributed by atoms with van der Waals surface area (Å²) in [5, 5.41) is 2.73. The summed E-state index contributed by atoms with van der Waals surface area (Å²) in [6.45, 7) is 5.99. The molecule has 7 heteroatoms. The maximum absolute atomic E-state index is 11.5. The first-order valence-corrected chi connectivity index (χ1v) is 9.22. The van der Waals surface area contributed by atoms with Gasteiger partial charge in [0.05, 0.1) is 12.4 Å². The molecule has 0 aromatic carbocycles. The molecule has 0 bridgehead atoms. The Morgan fingerprint density at radius 1 is 1.29 bits per heavy atom. The van der Waals surface area contributed by atoms with Crippen molar-refractivity contribution in [2.45, 2.75) is 64.6 Å². The molecule has 0 aromatic heterocycles. The minimum atomic E-state index is -3.39. The second kappa shape index (κ2) is 7.45. The highest BCUT2D eigenvalue weighted by molar-refractivity contribution is 7.86. The van der Waals surface area contributed by atoms with Crippen LogP contribution >= 0.6 is 0 Å². The molecule has 0 aliphatic heterocycles. The van der Waals surface area contributed by atoms with Crippen molar-refractivity contribution < 1.29 is 22.1 Å². The molecule has 0 unspecified atom stereocenters. The van der Waals surface area contributed by atoms with Crippen molar-refractivity contribution in [3.63, 3.8) is 0 Å². The lowest BCUT2D eigenvalue weighted by Gasteiger charge is -2.28. The van der Waals surface area contributed by atoms with E-state index in [-0.39, 0.29) is 6.10 Å². The second-order valence-corrected chi connectivity index (χ2v) is 8.27. The van der Waals surface area contributed by atoms with Crippen molar-refractivity contribution in [2.24, 2.45) is 5.92 Å². The first-order valence-electron chi connectivity index (χ1n) is 7.40. The van der Waals surface area contributed by atoms with Crippen LogP contribution in [0.15, 0.2) is 0 Å². The molecule has 0 aromatic rings. The van der Waals surface area contributed by atoms with Crippen LogP contribution in [-0.2, 0) is 19.0 Å². The van der Waals surface area contributed by atoms with Gasteiger partial charge in [0, 0.05) is 6.54 Å². The third-order valence-electron chi connectivity index (χ3n) is 3.27. The number of amides is 1. The maximum Gasteiger partial charge on any atom is 0.407 e. The molecule has 0 spiro atoms. The van der Waals surface area contributed by atoms with Gasteiger partial charge in [-0.3, -0.25) is 4.18 Å². The van der Waals surface area contributed by atoms with Crippen LogP contribution in [-0.4, -0.2) is 39.0 Å². The van der Waals surface area contributed by atoms with E-state index in [9.17, 15) is 13.2 Å². The molecule has 0 radical (unpaired) electrons. The Labute approximate surface area is 127 Å². The first-order chi connectivity index (χ1) is 9.55. The standard InChI is InChI=1S/C14H27NO5S/c1-14(2,3)19-13(16)15-9-8-11-6-5-7-12(10-11)20-21(4,17)18/h11-12H,5-10H2,1-4H3,(H,15,16)/t11-,12-/m1/s1. The van der Waals surface area contributed by atoms with Gasteiger partial charge in [-0.05, 0) is 46.0 Å². The van der Waals surface area contributed by atoms with Gasteiger partial charge in [0.1, 0.15) is 5.60 Å². The predicted molar refractivity (Wildman–Crippen MR) is 80.5 cm³/mol. The molecule has 0 saturated heterocycles. The minimum Gasteiger partial charge on any atom is -0.444 e. The molecule has 1 amide bonds. The van der Waals surface area contributed by atoms with E-state index in [0.29, 0.717) is 12.5 Å². The summed E-state index contributed by atoms with van der Waals surface area (Å²) in [7, 11) is -3.39. The van der Waals surface area contributed by atoms with Crippen LogP contribution in [0.2, 0.25) is 0 Å². The van der Waals surface area contributed by atoms with Crippen LogP contribution in [0.3, 0.4) is 0 Å². The van der Waals surface area contributed by atoms with Gasteiger partial charge >= 0.3 is 6.09 Å². The lowest BCUT2D eigenvalue weighted by atomic mass is 9.85. The molecule has 21 heavy (non-hydrogen) atoms.